The summed E-state index contributed by atoms with van der Waals surface area (Å²) in [5, 5.41) is 20.6. The summed E-state index contributed by atoms with van der Waals surface area (Å²) in [6.45, 7) is 5.47. The van der Waals surface area contributed by atoms with Crippen LogP contribution in [0.5, 0.6) is 0 Å². The fourth-order valence-electron chi connectivity index (χ4n) is 3.02. The van der Waals surface area contributed by atoms with Crippen molar-refractivity contribution in [3.05, 3.63) is 39.9 Å². The molecule has 1 amide bonds. The van der Waals surface area contributed by atoms with Crippen LogP contribution < -0.4 is 0 Å². The van der Waals surface area contributed by atoms with E-state index in [1.165, 1.54) is 29.2 Å². The molecule has 1 aliphatic rings. The monoisotopic (exact) mass is 350 g/mol. The average Bonchev–Trinajstić information content (AvgIpc) is 2.91. The molecule has 1 unspecified atom stereocenters. The molecule has 0 saturated carbocycles. The fraction of sp³-hybridized carbons (Fsp3) is 0.529. The maximum Gasteiger partial charge on any atom is 0.411 e. The van der Waals surface area contributed by atoms with Crippen LogP contribution in [0.15, 0.2) is 24.3 Å². The summed E-state index contributed by atoms with van der Waals surface area (Å²) in [6.07, 6.45) is 0.269. The van der Waals surface area contributed by atoms with E-state index in [-0.39, 0.29) is 12.1 Å². The van der Waals surface area contributed by atoms with Crippen molar-refractivity contribution < 1.29 is 24.4 Å². The Labute approximate surface area is 145 Å². The lowest BCUT2D eigenvalue weighted by Crippen LogP contribution is -2.55. The number of hydrogen-bond donors (Lipinski definition) is 1. The normalized spacial score (nSPS) is 20.4. The van der Waals surface area contributed by atoms with E-state index in [0.29, 0.717) is 24.9 Å². The van der Waals surface area contributed by atoms with Gasteiger partial charge in [-0.05, 0) is 39.2 Å². The van der Waals surface area contributed by atoms with E-state index in [2.05, 4.69) is 0 Å². The molecule has 1 fully saturated rings. The van der Waals surface area contributed by atoms with Gasteiger partial charge in [-0.3, -0.25) is 15.0 Å². The Morgan fingerprint density at radius 2 is 1.92 bits per heavy atom. The Morgan fingerprint density at radius 3 is 2.40 bits per heavy atom. The third kappa shape index (κ3) is 4.07. The number of ether oxygens (including phenoxy) is 1. The minimum Gasteiger partial charge on any atom is -0.479 e. The number of carboxylic acid groups (broad SMARTS) is 1. The van der Waals surface area contributed by atoms with Crippen molar-refractivity contribution in [1.29, 1.82) is 0 Å². The predicted octanol–water partition coefficient (Wildman–Crippen LogP) is 2.99. The lowest BCUT2D eigenvalue weighted by molar-refractivity contribution is -0.384. The van der Waals surface area contributed by atoms with Crippen LogP contribution >= 0.6 is 0 Å². The second-order valence-electron chi connectivity index (χ2n) is 7.17. The van der Waals surface area contributed by atoms with Crippen LogP contribution in [0.4, 0.5) is 10.5 Å². The zero-order valence-corrected chi connectivity index (χ0v) is 14.5. The maximum absolute atomic E-state index is 12.5. The number of nitrogens with zero attached hydrogens (tertiary/aromatic N) is 2. The molecule has 0 aliphatic carbocycles. The first-order valence-corrected chi connectivity index (χ1v) is 8.02. The summed E-state index contributed by atoms with van der Waals surface area (Å²) < 4.78 is 5.35. The number of likely N-dealkylation sites (tertiary alicyclic amines) is 1. The molecule has 2 rings (SSSR count). The van der Waals surface area contributed by atoms with E-state index >= 15 is 0 Å². The molecular weight excluding hydrogens is 328 g/mol. The number of rotatable bonds is 4. The molecule has 1 aromatic rings. The quantitative estimate of drug-likeness (QED) is 0.660. The van der Waals surface area contributed by atoms with Crippen LogP contribution in [-0.4, -0.2) is 44.7 Å². The molecule has 1 N–H and O–H groups in total. The molecule has 1 heterocycles. The molecule has 1 atom stereocenters. The van der Waals surface area contributed by atoms with Crippen molar-refractivity contribution in [2.45, 2.75) is 51.2 Å². The second-order valence-corrected chi connectivity index (χ2v) is 7.17. The molecule has 0 radical (unpaired) electrons. The van der Waals surface area contributed by atoms with Crippen LogP contribution in [0.2, 0.25) is 0 Å². The first kappa shape index (κ1) is 18.7. The van der Waals surface area contributed by atoms with Crippen LogP contribution in [0.1, 0.15) is 39.2 Å². The van der Waals surface area contributed by atoms with E-state index in [4.69, 9.17) is 4.74 Å². The van der Waals surface area contributed by atoms with Gasteiger partial charge in [0.2, 0.25) is 0 Å². The predicted molar refractivity (Wildman–Crippen MR) is 89.3 cm³/mol. The second kappa shape index (κ2) is 6.70. The number of nitro benzene ring substituents is 1. The van der Waals surface area contributed by atoms with Gasteiger partial charge in [-0.1, -0.05) is 12.1 Å². The molecule has 136 valence electrons. The van der Waals surface area contributed by atoms with Gasteiger partial charge in [-0.2, -0.15) is 0 Å². The van der Waals surface area contributed by atoms with E-state index in [1.54, 1.807) is 20.8 Å². The molecule has 1 saturated heterocycles. The van der Waals surface area contributed by atoms with E-state index in [9.17, 15) is 24.8 Å². The van der Waals surface area contributed by atoms with Crippen molar-refractivity contribution in [2.75, 3.05) is 6.54 Å². The molecule has 0 aromatic heterocycles. The average molecular weight is 350 g/mol. The van der Waals surface area contributed by atoms with Crippen LogP contribution in [0.25, 0.3) is 0 Å². The standard InChI is InChI=1S/C17H22N2O6/c1-16(2,3)25-15(22)18-10-4-9-17(18,14(20)21)11-12-5-7-13(8-6-12)19(23)24/h5-8H,4,9-11H2,1-3H3,(H,20,21). The fourth-order valence-corrected chi connectivity index (χ4v) is 3.02. The zero-order chi connectivity index (χ0) is 18.8. The van der Waals surface area contributed by atoms with Crippen molar-refractivity contribution in [3.63, 3.8) is 0 Å². The number of carbonyl (C=O) groups is 2. The molecule has 0 bridgehead atoms. The topological polar surface area (TPSA) is 110 Å². The van der Waals surface area contributed by atoms with Crippen LogP contribution in [-0.2, 0) is 16.0 Å². The molecule has 1 aromatic carbocycles. The Balaban J connectivity index is 2.29. The van der Waals surface area contributed by atoms with Gasteiger partial charge in [0.15, 0.2) is 0 Å². The lowest BCUT2D eigenvalue weighted by Gasteiger charge is -2.36. The van der Waals surface area contributed by atoms with E-state index in [1.807, 2.05) is 0 Å². The van der Waals surface area contributed by atoms with Gasteiger partial charge in [0.05, 0.1) is 4.92 Å². The van der Waals surface area contributed by atoms with Crippen molar-refractivity contribution in [2.24, 2.45) is 0 Å². The van der Waals surface area contributed by atoms with Crippen molar-refractivity contribution >= 4 is 17.7 Å². The first-order chi connectivity index (χ1) is 11.5. The number of carbonyl (C=O) groups excluding carboxylic acids is 1. The number of aliphatic carboxylic acids is 1. The van der Waals surface area contributed by atoms with Gasteiger partial charge < -0.3 is 9.84 Å². The summed E-state index contributed by atoms with van der Waals surface area (Å²) in [5.41, 5.74) is -1.58. The lowest BCUT2D eigenvalue weighted by atomic mass is 9.88. The number of amides is 1. The van der Waals surface area contributed by atoms with Crippen molar-refractivity contribution in [3.8, 4) is 0 Å². The minimum atomic E-state index is -1.40. The van der Waals surface area contributed by atoms with Crippen LogP contribution in [0, 0.1) is 10.1 Å². The van der Waals surface area contributed by atoms with E-state index < -0.39 is 28.1 Å². The largest absolute Gasteiger partial charge is 0.479 e. The molecule has 0 spiro atoms. The van der Waals surface area contributed by atoms with Gasteiger partial charge in [0.1, 0.15) is 11.1 Å². The maximum atomic E-state index is 12.5. The number of non-ortho nitro benzene ring substituents is 1. The summed E-state index contributed by atoms with van der Waals surface area (Å²) >= 11 is 0. The highest BCUT2D eigenvalue weighted by molar-refractivity contribution is 5.85. The Kier molecular flexibility index (Phi) is 5.01. The SMILES string of the molecule is CC(C)(C)OC(=O)N1CCCC1(Cc1ccc([N+](=O)[O-])cc1)C(=O)O. The smallest absolute Gasteiger partial charge is 0.411 e. The summed E-state index contributed by atoms with van der Waals surface area (Å²) in [6, 6.07) is 5.71. The number of benzene rings is 1. The summed E-state index contributed by atoms with van der Waals surface area (Å²) in [4.78, 5) is 36.0. The molecule has 8 heteroatoms. The summed E-state index contributed by atoms with van der Waals surface area (Å²) in [7, 11) is 0. The molecule has 8 nitrogen and oxygen atoms in total. The zero-order valence-electron chi connectivity index (χ0n) is 14.5. The highest BCUT2D eigenvalue weighted by Crippen LogP contribution is 2.35. The Bertz CT molecular complexity index is 679. The highest BCUT2D eigenvalue weighted by atomic mass is 16.6. The third-order valence-electron chi connectivity index (χ3n) is 4.14. The third-order valence-corrected chi connectivity index (χ3v) is 4.14. The summed E-state index contributed by atoms with van der Waals surface area (Å²) in [5.74, 6) is -1.10. The number of carboxylic acids is 1. The molecule has 1 aliphatic heterocycles. The highest BCUT2D eigenvalue weighted by Gasteiger charge is 2.51. The van der Waals surface area contributed by atoms with Crippen LogP contribution in [0.3, 0.4) is 0 Å². The number of hydrogen-bond acceptors (Lipinski definition) is 5. The van der Waals surface area contributed by atoms with Gasteiger partial charge in [-0.15, -0.1) is 0 Å². The molecule has 25 heavy (non-hydrogen) atoms. The minimum absolute atomic E-state index is 0.0662. The first-order valence-electron chi connectivity index (χ1n) is 8.02. The van der Waals surface area contributed by atoms with Gasteiger partial charge in [0.25, 0.3) is 5.69 Å². The Hall–Kier alpha value is -2.64. The molecular formula is C17H22N2O6. The van der Waals surface area contributed by atoms with Crippen molar-refractivity contribution in [1.82, 2.24) is 4.90 Å². The number of nitro groups is 1. The van der Waals surface area contributed by atoms with E-state index in [0.717, 1.165) is 0 Å². The van der Waals surface area contributed by atoms with Gasteiger partial charge in [-0.25, -0.2) is 9.59 Å². The Morgan fingerprint density at radius 1 is 1.32 bits per heavy atom. The van der Waals surface area contributed by atoms with Gasteiger partial charge >= 0.3 is 12.1 Å². The van der Waals surface area contributed by atoms with Gasteiger partial charge in [0, 0.05) is 25.1 Å².